The molecule has 2 atom stereocenters. The fraction of sp³-hybridized carbons (Fsp3) is 0.143. The Morgan fingerprint density at radius 2 is 1.87 bits per heavy atom. The molecule has 0 saturated heterocycles. The first-order valence-corrected chi connectivity index (χ1v) is 9.27. The Morgan fingerprint density at radius 3 is 2.48 bits per heavy atom. The molecule has 0 fully saturated rings. The molecule has 2 aromatic heterocycles. The molecule has 0 bridgehead atoms. The van der Waals surface area contributed by atoms with E-state index in [1.54, 1.807) is 4.90 Å². The average Bonchev–Trinajstić information content (AvgIpc) is 3.12. The quantitative estimate of drug-likeness (QED) is 0.519. The Hall–Kier alpha value is -4.08. The Labute approximate surface area is 175 Å². The van der Waals surface area contributed by atoms with Crippen molar-refractivity contribution in [1.29, 1.82) is 0 Å². The molecule has 0 radical (unpaired) electrons. The zero-order chi connectivity index (χ0) is 22.1. The topological polar surface area (TPSA) is 121 Å². The minimum absolute atomic E-state index is 0.0494. The third-order valence-electron chi connectivity index (χ3n) is 5.02. The van der Waals surface area contributed by atoms with E-state index in [9.17, 15) is 23.5 Å². The largest absolute Gasteiger partial charge is 0.478 e. The van der Waals surface area contributed by atoms with E-state index >= 15 is 0 Å². The maximum atomic E-state index is 13.5. The van der Waals surface area contributed by atoms with Crippen molar-refractivity contribution in [2.45, 2.75) is 18.6 Å². The van der Waals surface area contributed by atoms with E-state index < -0.39 is 35.8 Å². The van der Waals surface area contributed by atoms with Gasteiger partial charge in [-0.15, -0.1) is 0 Å². The zero-order valence-corrected chi connectivity index (χ0v) is 16.0. The van der Waals surface area contributed by atoms with E-state index in [1.165, 1.54) is 48.8 Å². The highest BCUT2D eigenvalue weighted by Gasteiger charge is 2.40. The number of aromatic nitrogens is 2. The van der Waals surface area contributed by atoms with E-state index in [0.717, 1.165) is 6.07 Å². The summed E-state index contributed by atoms with van der Waals surface area (Å²) < 4.78 is 26.9. The van der Waals surface area contributed by atoms with Crippen molar-refractivity contribution >= 4 is 23.4 Å². The number of nitrogens with two attached hydrogens (primary N) is 1. The van der Waals surface area contributed by atoms with Crippen LogP contribution in [-0.4, -0.2) is 27.0 Å². The normalized spacial score (nSPS) is 15.8. The molecule has 1 aliphatic rings. The van der Waals surface area contributed by atoms with Crippen LogP contribution < -0.4 is 16.0 Å². The predicted molar refractivity (Wildman–Crippen MR) is 107 cm³/mol. The van der Waals surface area contributed by atoms with Crippen molar-refractivity contribution in [1.82, 2.24) is 9.97 Å². The van der Waals surface area contributed by atoms with Crippen molar-refractivity contribution in [3.63, 3.8) is 0 Å². The maximum Gasteiger partial charge on any atom is 0.338 e. The summed E-state index contributed by atoms with van der Waals surface area (Å²) in [5, 5.41) is 12.9. The molecule has 31 heavy (non-hydrogen) atoms. The third kappa shape index (κ3) is 3.87. The summed E-state index contributed by atoms with van der Waals surface area (Å²) in [7, 11) is 0. The van der Waals surface area contributed by atoms with Gasteiger partial charge < -0.3 is 21.1 Å². The van der Waals surface area contributed by atoms with Crippen LogP contribution >= 0.6 is 0 Å². The monoisotopic (exact) mass is 425 g/mol. The maximum absolute atomic E-state index is 13.5. The predicted octanol–water partition coefficient (Wildman–Crippen LogP) is 3.00. The number of carboxylic acids is 1. The first-order chi connectivity index (χ1) is 14.8. The van der Waals surface area contributed by atoms with Crippen LogP contribution in [0.1, 0.15) is 40.1 Å². The van der Waals surface area contributed by atoms with Crippen molar-refractivity contribution < 1.29 is 23.5 Å². The molecule has 1 amide bonds. The number of benzene rings is 1. The number of amides is 1. The molecule has 4 rings (SSSR count). The number of halogens is 2. The van der Waals surface area contributed by atoms with Gasteiger partial charge in [0.1, 0.15) is 12.0 Å². The van der Waals surface area contributed by atoms with Gasteiger partial charge in [-0.1, -0.05) is 18.2 Å². The number of hydrogen-bond acceptors (Lipinski definition) is 6. The molecule has 1 aliphatic heterocycles. The lowest BCUT2D eigenvalue weighted by atomic mass is 10.00. The van der Waals surface area contributed by atoms with Crippen LogP contribution in [0.15, 0.2) is 54.9 Å². The lowest BCUT2D eigenvalue weighted by molar-refractivity contribution is -0.118. The van der Waals surface area contributed by atoms with Crippen molar-refractivity contribution in [2.75, 3.05) is 10.2 Å². The molecular formula is C21H17F2N5O3. The van der Waals surface area contributed by atoms with Gasteiger partial charge in [0, 0.05) is 12.4 Å². The highest BCUT2D eigenvalue weighted by Crippen LogP contribution is 2.47. The molecule has 4 N–H and O–H groups in total. The molecule has 0 aliphatic carbocycles. The molecule has 10 heteroatoms. The molecule has 3 aromatic rings. The first-order valence-electron chi connectivity index (χ1n) is 9.27. The highest BCUT2D eigenvalue weighted by atomic mass is 19.1. The summed E-state index contributed by atoms with van der Waals surface area (Å²) in [5.74, 6) is -2.71. The second kappa shape index (κ2) is 7.98. The van der Waals surface area contributed by atoms with Gasteiger partial charge in [0.05, 0.1) is 23.7 Å². The molecule has 1 aromatic carbocycles. The van der Waals surface area contributed by atoms with Crippen molar-refractivity contribution in [3.05, 3.63) is 83.3 Å². The smallest absolute Gasteiger partial charge is 0.338 e. The van der Waals surface area contributed by atoms with E-state index in [0.29, 0.717) is 11.1 Å². The Balaban J connectivity index is 1.92. The van der Waals surface area contributed by atoms with Crippen LogP contribution in [0.25, 0.3) is 0 Å². The fourth-order valence-electron chi connectivity index (χ4n) is 3.70. The number of fused-ring (bicyclic) bond motifs is 1. The van der Waals surface area contributed by atoms with Crippen LogP contribution in [-0.2, 0) is 4.79 Å². The number of carbonyl (C=O) groups excluding carboxylic acids is 1. The number of carbonyl (C=O) groups is 2. The van der Waals surface area contributed by atoms with Gasteiger partial charge in [0.25, 0.3) is 0 Å². The number of anilines is 2. The number of primary amides is 1. The highest BCUT2D eigenvalue weighted by molar-refractivity contribution is 5.99. The lowest BCUT2D eigenvalue weighted by Gasteiger charge is -2.35. The van der Waals surface area contributed by atoms with Gasteiger partial charge in [-0.3, -0.25) is 4.79 Å². The molecule has 0 saturated carbocycles. The van der Waals surface area contributed by atoms with E-state index in [2.05, 4.69) is 15.3 Å². The van der Waals surface area contributed by atoms with Gasteiger partial charge in [-0.25, -0.2) is 19.2 Å². The second-order valence-corrected chi connectivity index (χ2v) is 6.97. The van der Waals surface area contributed by atoms with Gasteiger partial charge in [-0.2, -0.15) is 4.39 Å². The Kier molecular flexibility index (Phi) is 5.20. The van der Waals surface area contributed by atoms with Crippen LogP contribution in [0.5, 0.6) is 0 Å². The molecule has 8 nitrogen and oxygen atoms in total. The van der Waals surface area contributed by atoms with Crippen LogP contribution in [0.2, 0.25) is 0 Å². The van der Waals surface area contributed by atoms with E-state index in [-0.39, 0.29) is 23.5 Å². The number of rotatable bonds is 6. The van der Waals surface area contributed by atoms with E-state index in [4.69, 9.17) is 5.73 Å². The van der Waals surface area contributed by atoms with Gasteiger partial charge >= 0.3 is 5.97 Å². The number of aromatic carboxylic acids is 1. The minimum atomic E-state index is -1.19. The van der Waals surface area contributed by atoms with Crippen LogP contribution in [0.3, 0.4) is 0 Å². The fourth-order valence-corrected chi connectivity index (χ4v) is 3.70. The van der Waals surface area contributed by atoms with Crippen LogP contribution in [0.4, 0.5) is 20.3 Å². The third-order valence-corrected chi connectivity index (χ3v) is 5.02. The number of pyridine rings is 2. The van der Waals surface area contributed by atoms with E-state index in [1.807, 2.05) is 0 Å². The molecule has 158 valence electrons. The number of hydrogen-bond donors (Lipinski definition) is 3. The molecule has 3 heterocycles. The molecule has 2 unspecified atom stereocenters. The first kappa shape index (κ1) is 20.2. The average molecular weight is 425 g/mol. The van der Waals surface area contributed by atoms with Gasteiger partial charge in [0.15, 0.2) is 5.82 Å². The summed E-state index contributed by atoms with van der Waals surface area (Å²) in [6.07, 6.45) is 1.71. The van der Waals surface area contributed by atoms with Gasteiger partial charge in [0.2, 0.25) is 11.9 Å². The van der Waals surface area contributed by atoms with Crippen molar-refractivity contribution in [2.24, 2.45) is 5.73 Å². The summed E-state index contributed by atoms with van der Waals surface area (Å²) in [6.45, 7) is 0. The second-order valence-electron chi connectivity index (χ2n) is 6.97. The number of nitrogens with one attached hydrogen (secondary N) is 1. The Bertz CT molecular complexity index is 1140. The minimum Gasteiger partial charge on any atom is -0.478 e. The molecule has 0 spiro atoms. The van der Waals surface area contributed by atoms with Crippen molar-refractivity contribution in [3.8, 4) is 0 Å². The summed E-state index contributed by atoms with van der Waals surface area (Å²) in [4.78, 5) is 33.4. The standard InChI is InChI=1S/C21H17F2N5O3/c22-13-4-1-11(2-5-13)20-27-19-18(14(21(30)31)7-8-25-19)28(20)15(9-17(24)29)12-3-6-16(23)26-10-12/h1-8,10,15,20H,9H2,(H2,24,29)(H,25,27)(H,30,31). The number of carboxylic acid groups (broad SMARTS) is 1. The molecular weight excluding hydrogens is 408 g/mol. The lowest BCUT2D eigenvalue weighted by Crippen LogP contribution is -2.35. The van der Waals surface area contributed by atoms with Gasteiger partial charge in [-0.05, 0) is 35.4 Å². The summed E-state index contributed by atoms with van der Waals surface area (Å²) in [6, 6.07) is 8.75. The zero-order valence-electron chi connectivity index (χ0n) is 16.0. The van der Waals surface area contributed by atoms with Crippen LogP contribution in [0, 0.1) is 11.8 Å². The number of nitrogens with zero attached hydrogens (tertiary/aromatic N) is 3. The summed E-state index contributed by atoms with van der Waals surface area (Å²) >= 11 is 0. The Morgan fingerprint density at radius 1 is 1.13 bits per heavy atom. The SMILES string of the molecule is NC(=O)CC(c1ccc(F)nc1)N1c2c(C(=O)O)ccnc2NC1c1ccc(F)cc1. The summed E-state index contributed by atoms with van der Waals surface area (Å²) in [5.41, 5.74) is 6.72.